The van der Waals surface area contributed by atoms with E-state index in [-0.39, 0.29) is 24.0 Å². The fourth-order valence-corrected chi connectivity index (χ4v) is 2.60. The van der Waals surface area contributed by atoms with E-state index in [0.29, 0.717) is 22.7 Å². The van der Waals surface area contributed by atoms with Crippen molar-refractivity contribution in [3.05, 3.63) is 60.3 Å². The van der Waals surface area contributed by atoms with Gasteiger partial charge in [0, 0.05) is 5.56 Å². The molecule has 120 valence electrons. The van der Waals surface area contributed by atoms with Gasteiger partial charge >= 0.3 is 0 Å². The number of carbonyl (C=O) groups is 1. The van der Waals surface area contributed by atoms with Gasteiger partial charge in [-0.05, 0) is 42.5 Å². The van der Waals surface area contributed by atoms with Crippen LogP contribution in [0.3, 0.4) is 0 Å². The first kappa shape index (κ1) is 14.4. The van der Waals surface area contributed by atoms with E-state index in [1.165, 1.54) is 28.9 Å². The second kappa shape index (κ2) is 5.45. The van der Waals surface area contributed by atoms with E-state index in [9.17, 15) is 13.6 Å². The normalized spacial score (nSPS) is 13.2. The topological polar surface area (TPSA) is 56.1 Å². The van der Waals surface area contributed by atoms with Crippen molar-refractivity contribution in [2.45, 2.75) is 0 Å². The Morgan fingerprint density at radius 3 is 2.71 bits per heavy atom. The molecule has 1 aliphatic heterocycles. The van der Waals surface area contributed by atoms with Crippen LogP contribution in [0.2, 0.25) is 0 Å². The van der Waals surface area contributed by atoms with Gasteiger partial charge in [0.2, 0.25) is 0 Å². The van der Waals surface area contributed by atoms with Crippen LogP contribution in [0.15, 0.2) is 48.7 Å². The van der Waals surface area contributed by atoms with E-state index in [4.69, 9.17) is 4.74 Å². The summed E-state index contributed by atoms with van der Waals surface area (Å²) in [6.45, 7) is -0.0474. The van der Waals surface area contributed by atoms with Crippen molar-refractivity contribution in [2.75, 3.05) is 11.9 Å². The highest BCUT2D eigenvalue weighted by Crippen LogP contribution is 2.34. The Bertz CT molecular complexity index is 936. The van der Waals surface area contributed by atoms with Crippen LogP contribution in [-0.2, 0) is 4.79 Å². The Kier molecular flexibility index (Phi) is 3.26. The Morgan fingerprint density at radius 1 is 1.12 bits per heavy atom. The third-order valence-electron chi connectivity index (χ3n) is 3.68. The van der Waals surface area contributed by atoms with E-state index in [2.05, 4.69) is 10.4 Å². The molecule has 24 heavy (non-hydrogen) atoms. The lowest BCUT2D eigenvalue weighted by molar-refractivity contribution is -0.118. The van der Waals surface area contributed by atoms with Gasteiger partial charge < -0.3 is 10.1 Å². The van der Waals surface area contributed by atoms with E-state index < -0.39 is 5.82 Å². The Labute approximate surface area is 135 Å². The number of fused-ring (bicyclic) bond motifs is 1. The minimum Gasteiger partial charge on any atom is -0.482 e. The number of ether oxygens (including phenoxy) is 1. The number of benzene rings is 2. The first-order chi connectivity index (χ1) is 11.6. The molecule has 1 aliphatic rings. The zero-order valence-corrected chi connectivity index (χ0v) is 12.3. The van der Waals surface area contributed by atoms with Crippen LogP contribution in [0, 0.1) is 11.6 Å². The smallest absolute Gasteiger partial charge is 0.262 e. The maximum atomic E-state index is 14.3. The summed E-state index contributed by atoms with van der Waals surface area (Å²) < 4.78 is 34.1. The summed E-state index contributed by atoms with van der Waals surface area (Å²) in [7, 11) is 0. The van der Waals surface area contributed by atoms with Gasteiger partial charge in [0.25, 0.3) is 5.91 Å². The van der Waals surface area contributed by atoms with Crippen molar-refractivity contribution < 1.29 is 18.3 Å². The first-order valence-electron chi connectivity index (χ1n) is 7.18. The highest BCUT2D eigenvalue weighted by Gasteiger charge is 2.20. The van der Waals surface area contributed by atoms with Crippen LogP contribution < -0.4 is 10.1 Å². The first-order valence-corrected chi connectivity index (χ1v) is 7.18. The summed E-state index contributed by atoms with van der Waals surface area (Å²) >= 11 is 0. The van der Waals surface area contributed by atoms with Crippen molar-refractivity contribution in [1.29, 1.82) is 0 Å². The largest absolute Gasteiger partial charge is 0.482 e. The van der Waals surface area contributed by atoms with E-state index >= 15 is 0 Å². The maximum absolute atomic E-state index is 14.3. The standard InChI is InChI=1S/C17H11F2N3O2/c18-11-2-4-12(5-3-11)22-17(13(19)8-20-22)10-1-6-15-14(7-10)21-16(23)9-24-15/h1-8H,9H2,(H,21,23). The molecule has 4 rings (SSSR count). The lowest BCUT2D eigenvalue weighted by atomic mass is 10.1. The quantitative estimate of drug-likeness (QED) is 0.787. The molecule has 2 heterocycles. The Morgan fingerprint density at radius 2 is 1.92 bits per heavy atom. The fourth-order valence-electron chi connectivity index (χ4n) is 2.60. The third kappa shape index (κ3) is 2.40. The predicted molar refractivity (Wildman–Crippen MR) is 83.0 cm³/mol. The molecule has 1 amide bonds. The summed E-state index contributed by atoms with van der Waals surface area (Å²) in [6, 6.07) is 10.5. The molecule has 0 saturated heterocycles. The molecule has 0 saturated carbocycles. The second-order valence-electron chi connectivity index (χ2n) is 5.28. The van der Waals surface area contributed by atoms with Gasteiger partial charge in [0.05, 0.1) is 17.6 Å². The lowest BCUT2D eigenvalue weighted by Gasteiger charge is -2.18. The summed E-state index contributed by atoms with van der Waals surface area (Å²) in [5.74, 6) is -0.664. The van der Waals surface area contributed by atoms with Crippen LogP contribution in [0.5, 0.6) is 5.75 Å². The van der Waals surface area contributed by atoms with E-state index in [1.54, 1.807) is 18.2 Å². The van der Waals surface area contributed by atoms with Crippen LogP contribution in [0.4, 0.5) is 14.5 Å². The summed E-state index contributed by atoms with van der Waals surface area (Å²) in [5.41, 5.74) is 1.71. The molecule has 2 aromatic carbocycles. The molecule has 0 atom stereocenters. The molecule has 1 N–H and O–H groups in total. The minimum atomic E-state index is -0.526. The number of halogens is 2. The molecule has 0 unspecified atom stereocenters. The molecular formula is C17H11F2N3O2. The molecule has 0 aliphatic carbocycles. The molecule has 1 aromatic heterocycles. The fraction of sp³-hybridized carbons (Fsp3) is 0.0588. The van der Waals surface area contributed by atoms with Crippen LogP contribution in [0.25, 0.3) is 16.9 Å². The minimum absolute atomic E-state index is 0.0474. The number of carbonyl (C=O) groups excluding carboxylic acids is 1. The van der Waals surface area contributed by atoms with Gasteiger partial charge in [-0.25, -0.2) is 13.5 Å². The Balaban J connectivity index is 1.83. The van der Waals surface area contributed by atoms with Crippen molar-refractivity contribution in [3.8, 4) is 22.7 Å². The summed E-state index contributed by atoms with van der Waals surface area (Å²) in [5, 5.41) is 6.70. The van der Waals surface area contributed by atoms with Gasteiger partial charge in [0.15, 0.2) is 12.4 Å². The average molecular weight is 327 g/mol. The average Bonchev–Trinajstić information content (AvgIpc) is 2.96. The molecule has 0 radical (unpaired) electrons. The number of nitrogens with one attached hydrogen (secondary N) is 1. The summed E-state index contributed by atoms with van der Waals surface area (Å²) in [4.78, 5) is 11.4. The third-order valence-corrected chi connectivity index (χ3v) is 3.68. The van der Waals surface area contributed by atoms with Crippen molar-refractivity contribution in [3.63, 3.8) is 0 Å². The Hall–Kier alpha value is -3.22. The molecule has 5 nitrogen and oxygen atoms in total. The molecule has 0 fully saturated rings. The number of nitrogens with zero attached hydrogens (tertiary/aromatic N) is 2. The van der Waals surface area contributed by atoms with Crippen LogP contribution >= 0.6 is 0 Å². The SMILES string of the molecule is O=C1COc2ccc(-c3c(F)cnn3-c3ccc(F)cc3)cc2N1. The highest BCUT2D eigenvalue weighted by molar-refractivity contribution is 5.96. The number of hydrogen-bond donors (Lipinski definition) is 1. The molecule has 0 spiro atoms. The highest BCUT2D eigenvalue weighted by atomic mass is 19.1. The van der Waals surface area contributed by atoms with Gasteiger partial charge in [-0.15, -0.1) is 0 Å². The van der Waals surface area contributed by atoms with Crippen molar-refractivity contribution in [2.24, 2.45) is 0 Å². The molecule has 7 heteroatoms. The number of rotatable bonds is 2. The summed E-state index contributed by atoms with van der Waals surface area (Å²) in [6.07, 6.45) is 1.09. The predicted octanol–water partition coefficient (Wildman–Crippen LogP) is 3.15. The maximum Gasteiger partial charge on any atom is 0.262 e. The van der Waals surface area contributed by atoms with Crippen molar-refractivity contribution in [1.82, 2.24) is 9.78 Å². The lowest BCUT2D eigenvalue weighted by Crippen LogP contribution is -2.25. The zero-order valence-electron chi connectivity index (χ0n) is 12.3. The second-order valence-corrected chi connectivity index (χ2v) is 5.28. The van der Waals surface area contributed by atoms with Crippen LogP contribution in [-0.4, -0.2) is 22.3 Å². The number of amides is 1. The van der Waals surface area contributed by atoms with Crippen molar-refractivity contribution >= 4 is 11.6 Å². The zero-order chi connectivity index (χ0) is 16.7. The van der Waals surface area contributed by atoms with Gasteiger partial charge in [-0.2, -0.15) is 5.10 Å². The van der Waals surface area contributed by atoms with Crippen LogP contribution in [0.1, 0.15) is 0 Å². The monoisotopic (exact) mass is 327 g/mol. The number of anilines is 1. The van der Waals surface area contributed by atoms with Gasteiger partial charge in [-0.3, -0.25) is 4.79 Å². The number of aromatic nitrogens is 2. The van der Waals surface area contributed by atoms with Gasteiger partial charge in [0.1, 0.15) is 17.3 Å². The molecule has 0 bridgehead atoms. The van der Waals surface area contributed by atoms with Gasteiger partial charge in [-0.1, -0.05) is 0 Å². The van der Waals surface area contributed by atoms with E-state index in [1.807, 2.05) is 0 Å². The van der Waals surface area contributed by atoms with E-state index in [0.717, 1.165) is 6.20 Å². The molecule has 3 aromatic rings. The number of hydrogen-bond acceptors (Lipinski definition) is 3. The molecular weight excluding hydrogens is 316 g/mol.